The highest BCUT2D eigenvalue weighted by Gasteiger charge is 2.23. The van der Waals surface area contributed by atoms with Crippen molar-refractivity contribution < 1.29 is 9.90 Å². The van der Waals surface area contributed by atoms with Gasteiger partial charge in [-0.3, -0.25) is 0 Å². The summed E-state index contributed by atoms with van der Waals surface area (Å²) in [6, 6.07) is 0. The number of nitrogens with zero attached hydrogens (tertiary/aromatic N) is 3. The van der Waals surface area contributed by atoms with E-state index in [0.29, 0.717) is 5.82 Å². The molecule has 0 unspecified atom stereocenters. The van der Waals surface area contributed by atoms with Gasteiger partial charge >= 0.3 is 5.97 Å². The smallest absolute Gasteiger partial charge is 0.356 e. The van der Waals surface area contributed by atoms with E-state index in [-0.39, 0.29) is 11.1 Å². The standard InChI is InChI=1S/C14H22N4O2/c1-14(2,10-18-5-3-4-6-18)9-17-12-8-15-11(7-16-12)13(19)20/h7-8H,3-6,9-10H2,1-2H3,(H,16,17)(H,19,20). The topological polar surface area (TPSA) is 78.3 Å². The number of aromatic carboxylic acids is 1. The minimum atomic E-state index is -1.06. The molecule has 0 aromatic carbocycles. The fourth-order valence-corrected chi connectivity index (χ4v) is 2.46. The van der Waals surface area contributed by atoms with Gasteiger partial charge < -0.3 is 15.3 Å². The summed E-state index contributed by atoms with van der Waals surface area (Å²) >= 11 is 0. The van der Waals surface area contributed by atoms with E-state index in [1.165, 1.54) is 38.3 Å². The van der Waals surface area contributed by atoms with Crippen LogP contribution in [-0.4, -0.2) is 52.1 Å². The summed E-state index contributed by atoms with van der Waals surface area (Å²) in [5.41, 5.74) is 0.101. The molecule has 0 amide bonds. The first-order chi connectivity index (χ1) is 9.46. The molecule has 1 aliphatic heterocycles. The van der Waals surface area contributed by atoms with E-state index in [0.717, 1.165) is 13.1 Å². The summed E-state index contributed by atoms with van der Waals surface area (Å²) in [4.78, 5) is 21.1. The van der Waals surface area contributed by atoms with Crippen molar-refractivity contribution in [2.45, 2.75) is 26.7 Å². The van der Waals surface area contributed by atoms with Gasteiger partial charge in [0.25, 0.3) is 0 Å². The minimum absolute atomic E-state index is 0.0353. The molecule has 0 radical (unpaired) electrons. The maximum atomic E-state index is 10.7. The van der Waals surface area contributed by atoms with Crippen LogP contribution in [0.3, 0.4) is 0 Å². The molecule has 20 heavy (non-hydrogen) atoms. The Labute approximate surface area is 119 Å². The van der Waals surface area contributed by atoms with E-state index >= 15 is 0 Å². The predicted octanol–water partition coefficient (Wildman–Crippen LogP) is 1.71. The Balaban J connectivity index is 1.85. The Morgan fingerprint density at radius 3 is 2.60 bits per heavy atom. The molecule has 2 heterocycles. The first-order valence-electron chi connectivity index (χ1n) is 6.98. The molecule has 0 saturated carbocycles. The first kappa shape index (κ1) is 14.7. The number of hydrogen-bond donors (Lipinski definition) is 2. The molecule has 6 heteroatoms. The third-order valence-corrected chi connectivity index (χ3v) is 3.47. The Kier molecular flexibility index (Phi) is 4.54. The Bertz CT molecular complexity index is 453. The third kappa shape index (κ3) is 4.16. The Hall–Kier alpha value is -1.69. The summed E-state index contributed by atoms with van der Waals surface area (Å²) in [5.74, 6) is -0.442. The van der Waals surface area contributed by atoms with E-state index in [4.69, 9.17) is 5.11 Å². The monoisotopic (exact) mass is 278 g/mol. The van der Waals surface area contributed by atoms with Gasteiger partial charge in [-0.15, -0.1) is 0 Å². The number of rotatable bonds is 6. The van der Waals surface area contributed by atoms with E-state index < -0.39 is 5.97 Å². The zero-order chi connectivity index (χ0) is 14.6. The largest absolute Gasteiger partial charge is 0.476 e. The highest BCUT2D eigenvalue weighted by atomic mass is 16.4. The second kappa shape index (κ2) is 6.17. The molecule has 6 nitrogen and oxygen atoms in total. The predicted molar refractivity (Wildman–Crippen MR) is 76.9 cm³/mol. The zero-order valence-corrected chi connectivity index (χ0v) is 12.1. The molecule has 2 N–H and O–H groups in total. The van der Waals surface area contributed by atoms with Gasteiger partial charge in [0, 0.05) is 13.1 Å². The normalized spacial score (nSPS) is 16.3. The summed E-state index contributed by atoms with van der Waals surface area (Å²) < 4.78 is 0. The van der Waals surface area contributed by atoms with Gasteiger partial charge in [0.2, 0.25) is 0 Å². The summed E-state index contributed by atoms with van der Waals surface area (Å²) in [6.45, 7) is 8.66. The second-order valence-electron chi connectivity index (χ2n) is 6.09. The molecular formula is C14H22N4O2. The van der Waals surface area contributed by atoms with Crippen LogP contribution in [-0.2, 0) is 0 Å². The van der Waals surface area contributed by atoms with Crippen LogP contribution in [0, 0.1) is 5.41 Å². The van der Waals surface area contributed by atoms with Gasteiger partial charge in [0.05, 0.1) is 12.4 Å². The Morgan fingerprint density at radius 1 is 1.35 bits per heavy atom. The van der Waals surface area contributed by atoms with Gasteiger partial charge in [-0.05, 0) is 31.3 Å². The number of carboxylic acid groups (broad SMARTS) is 1. The highest BCUT2D eigenvalue weighted by Crippen LogP contribution is 2.20. The second-order valence-corrected chi connectivity index (χ2v) is 6.09. The van der Waals surface area contributed by atoms with Crippen LogP contribution in [0.1, 0.15) is 37.2 Å². The first-order valence-corrected chi connectivity index (χ1v) is 6.98. The van der Waals surface area contributed by atoms with Crippen molar-refractivity contribution >= 4 is 11.8 Å². The number of hydrogen-bond acceptors (Lipinski definition) is 5. The van der Waals surface area contributed by atoms with Crippen LogP contribution in [0.2, 0.25) is 0 Å². The average molecular weight is 278 g/mol. The van der Waals surface area contributed by atoms with Gasteiger partial charge in [-0.1, -0.05) is 13.8 Å². The molecule has 110 valence electrons. The van der Waals surface area contributed by atoms with E-state index in [9.17, 15) is 4.79 Å². The molecule has 1 saturated heterocycles. The fourth-order valence-electron chi connectivity index (χ4n) is 2.46. The maximum absolute atomic E-state index is 10.7. The van der Waals surface area contributed by atoms with Crippen LogP contribution in [0.25, 0.3) is 0 Å². The Morgan fingerprint density at radius 2 is 2.05 bits per heavy atom. The number of aromatic nitrogens is 2. The molecule has 0 aliphatic carbocycles. The van der Waals surface area contributed by atoms with Crippen LogP contribution in [0.4, 0.5) is 5.82 Å². The number of nitrogens with one attached hydrogen (secondary N) is 1. The molecule has 1 fully saturated rings. The van der Waals surface area contributed by atoms with Gasteiger partial charge in [-0.2, -0.15) is 0 Å². The quantitative estimate of drug-likeness (QED) is 0.824. The molecule has 0 spiro atoms. The lowest BCUT2D eigenvalue weighted by Gasteiger charge is -2.30. The number of likely N-dealkylation sites (tertiary alicyclic amines) is 1. The van der Waals surface area contributed by atoms with E-state index in [1.54, 1.807) is 0 Å². The van der Waals surface area contributed by atoms with Crippen molar-refractivity contribution in [1.29, 1.82) is 0 Å². The molecule has 0 atom stereocenters. The highest BCUT2D eigenvalue weighted by molar-refractivity contribution is 5.84. The summed E-state index contributed by atoms with van der Waals surface area (Å²) in [5, 5.41) is 12.0. The average Bonchev–Trinajstić information content (AvgIpc) is 2.89. The SMILES string of the molecule is CC(C)(CNc1cnc(C(=O)O)cn1)CN1CCCC1. The number of carbonyl (C=O) groups is 1. The van der Waals surface area contributed by atoms with Crippen molar-refractivity contribution in [1.82, 2.24) is 14.9 Å². The van der Waals surface area contributed by atoms with Gasteiger partial charge in [0.1, 0.15) is 5.82 Å². The minimum Gasteiger partial charge on any atom is -0.476 e. The van der Waals surface area contributed by atoms with Gasteiger partial charge in [-0.25, -0.2) is 14.8 Å². The lowest BCUT2D eigenvalue weighted by molar-refractivity contribution is 0.0690. The van der Waals surface area contributed by atoms with Crippen molar-refractivity contribution in [3.8, 4) is 0 Å². The van der Waals surface area contributed by atoms with Crippen LogP contribution in [0.15, 0.2) is 12.4 Å². The van der Waals surface area contributed by atoms with Gasteiger partial charge in [0.15, 0.2) is 5.69 Å². The maximum Gasteiger partial charge on any atom is 0.356 e. The van der Waals surface area contributed by atoms with Crippen molar-refractivity contribution in [2.24, 2.45) is 5.41 Å². The summed E-state index contributed by atoms with van der Waals surface area (Å²) in [6.07, 6.45) is 5.34. The zero-order valence-electron chi connectivity index (χ0n) is 12.1. The van der Waals surface area contributed by atoms with Crippen molar-refractivity contribution in [3.63, 3.8) is 0 Å². The fraction of sp³-hybridized carbons (Fsp3) is 0.643. The van der Waals surface area contributed by atoms with Crippen LogP contribution >= 0.6 is 0 Å². The van der Waals surface area contributed by atoms with E-state index in [2.05, 4.69) is 34.0 Å². The van der Waals surface area contributed by atoms with Crippen LogP contribution in [0.5, 0.6) is 0 Å². The van der Waals surface area contributed by atoms with Crippen LogP contribution < -0.4 is 5.32 Å². The summed E-state index contributed by atoms with van der Waals surface area (Å²) in [7, 11) is 0. The molecule has 0 bridgehead atoms. The molecule has 2 rings (SSSR count). The number of carboxylic acids is 1. The molecule has 1 aliphatic rings. The van der Waals surface area contributed by atoms with E-state index in [1.807, 2.05) is 0 Å². The molecular weight excluding hydrogens is 256 g/mol. The van der Waals surface area contributed by atoms with Crippen molar-refractivity contribution in [3.05, 3.63) is 18.1 Å². The molecule has 1 aromatic rings. The third-order valence-electron chi connectivity index (χ3n) is 3.47. The number of anilines is 1. The lowest BCUT2D eigenvalue weighted by Crippen LogP contribution is -2.37. The lowest BCUT2D eigenvalue weighted by atomic mass is 9.93. The van der Waals surface area contributed by atoms with Crippen molar-refractivity contribution in [2.75, 3.05) is 31.5 Å². The molecule has 1 aromatic heterocycles.